The first-order valence-corrected chi connectivity index (χ1v) is 11.0. The average Bonchev–Trinajstić information content (AvgIpc) is 3.19. The second-order valence-electron chi connectivity index (χ2n) is 8.47. The minimum atomic E-state index is -0.414. The van der Waals surface area contributed by atoms with E-state index in [2.05, 4.69) is 10.6 Å². The number of benzene rings is 3. The van der Waals surface area contributed by atoms with Gasteiger partial charge in [0.2, 0.25) is 17.7 Å². The predicted molar refractivity (Wildman–Crippen MR) is 130 cm³/mol. The molecule has 3 aromatic carbocycles. The molecule has 1 heterocycles. The fourth-order valence-corrected chi connectivity index (χ4v) is 3.99. The van der Waals surface area contributed by atoms with Gasteiger partial charge in [0.15, 0.2) is 0 Å². The van der Waals surface area contributed by atoms with Crippen molar-refractivity contribution >= 4 is 34.8 Å². The van der Waals surface area contributed by atoms with Crippen molar-refractivity contribution in [2.75, 3.05) is 22.1 Å². The van der Waals surface area contributed by atoms with Crippen molar-refractivity contribution in [2.24, 2.45) is 5.92 Å². The highest BCUT2D eigenvalue weighted by atomic mass is 16.2. The molecule has 0 bridgehead atoms. The lowest BCUT2D eigenvalue weighted by atomic mass is 10.1. The van der Waals surface area contributed by atoms with Gasteiger partial charge in [-0.1, -0.05) is 42.5 Å². The lowest BCUT2D eigenvalue weighted by molar-refractivity contribution is -0.122. The quantitative estimate of drug-likeness (QED) is 0.592. The smallest absolute Gasteiger partial charge is 0.229 e. The molecule has 1 saturated heterocycles. The van der Waals surface area contributed by atoms with E-state index in [1.807, 2.05) is 62.4 Å². The number of aryl methyl sites for hydroxylation is 2. The molecule has 3 amide bonds. The van der Waals surface area contributed by atoms with Gasteiger partial charge in [-0.15, -0.1) is 0 Å². The van der Waals surface area contributed by atoms with Gasteiger partial charge in [-0.2, -0.15) is 0 Å². The molecule has 3 aromatic rings. The van der Waals surface area contributed by atoms with Gasteiger partial charge < -0.3 is 15.5 Å². The maximum Gasteiger partial charge on any atom is 0.229 e. The molecule has 1 aliphatic heterocycles. The summed E-state index contributed by atoms with van der Waals surface area (Å²) < 4.78 is 0. The zero-order valence-corrected chi connectivity index (χ0v) is 18.8. The molecule has 1 unspecified atom stereocenters. The van der Waals surface area contributed by atoms with E-state index in [4.69, 9.17) is 0 Å². The predicted octanol–water partition coefficient (Wildman–Crippen LogP) is 4.48. The van der Waals surface area contributed by atoms with Crippen LogP contribution in [0, 0.1) is 19.8 Å². The molecule has 33 heavy (non-hydrogen) atoms. The van der Waals surface area contributed by atoms with Crippen LogP contribution in [0.15, 0.2) is 72.8 Å². The summed E-state index contributed by atoms with van der Waals surface area (Å²) in [7, 11) is 0. The molecule has 1 fully saturated rings. The maximum absolute atomic E-state index is 12.8. The fraction of sp³-hybridized carbons (Fsp3) is 0.222. The molecular formula is C27H27N3O3. The largest absolute Gasteiger partial charge is 0.326 e. The lowest BCUT2D eigenvalue weighted by Crippen LogP contribution is -2.28. The van der Waals surface area contributed by atoms with Gasteiger partial charge in [0.25, 0.3) is 0 Å². The molecule has 0 saturated carbocycles. The van der Waals surface area contributed by atoms with Gasteiger partial charge in [-0.3, -0.25) is 14.4 Å². The second-order valence-corrected chi connectivity index (χ2v) is 8.47. The lowest BCUT2D eigenvalue weighted by Gasteiger charge is -2.19. The van der Waals surface area contributed by atoms with Gasteiger partial charge in [-0.25, -0.2) is 0 Å². The van der Waals surface area contributed by atoms with Crippen molar-refractivity contribution in [3.63, 3.8) is 0 Å². The summed E-state index contributed by atoms with van der Waals surface area (Å²) in [6.07, 6.45) is 0.485. The van der Waals surface area contributed by atoms with Crippen molar-refractivity contribution in [1.82, 2.24) is 0 Å². The van der Waals surface area contributed by atoms with Crippen LogP contribution in [-0.2, 0) is 20.8 Å². The van der Waals surface area contributed by atoms with Crippen LogP contribution < -0.4 is 15.5 Å². The highest BCUT2D eigenvalue weighted by molar-refractivity contribution is 6.04. The molecule has 168 valence electrons. The monoisotopic (exact) mass is 441 g/mol. The van der Waals surface area contributed by atoms with Crippen molar-refractivity contribution in [3.8, 4) is 0 Å². The van der Waals surface area contributed by atoms with E-state index in [-0.39, 0.29) is 24.1 Å². The summed E-state index contributed by atoms with van der Waals surface area (Å²) in [5, 5.41) is 5.75. The van der Waals surface area contributed by atoms with Gasteiger partial charge in [0, 0.05) is 30.0 Å². The number of rotatable bonds is 6. The Bertz CT molecular complexity index is 1170. The summed E-state index contributed by atoms with van der Waals surface area (Å²) in [5.41, 5.74) is 5.18. The van der Waals surface area contributed by atoms with Gasteiger partial charge in [-0.05, 0) is 60.9 Å². The number of amides is 3. The van der Waals surface area contributed by atoms with Crippen LogP contribution in [0.25, 0.3) is 0 Å². The highest BCUT2D eigenvalue weighted by Gasteiger charge is 2.35. The summed E-state index contributed by atoms with van der Waals surface area (Å²) in [6.45, 7) is 4.32. The Morgan fingerprint density at radius 3 is 2.27 bits per heavy atom. The molecule has 1 atom stereocenters. The molecular weight excluding hydrogens is 414 g/mol. The van der Waals surface area contributed by atoms with E-state index in [9.17, 15) is 14.4 Å². The first-order chi connectivity index (χ1) is 15.9. The van der Waals surface area contributed by atoms with E-state index in [0.717, 1.165) is 22.4 Å². The molecule has 2 N–H and O–H groups in total. The standard InChI is InChI=1S/C27H27N3O3/c1-18-8-9-19(2)24(14-18)30-17-21(16-26(30)32)27(33)29-23-12-10-22(11-13-23)28-25(31)15-20-6-4-3-5-7-20/h3-14,21H,15-17H2,1-2H3,(H,28,31)(H,29,33). The zero-order valence-electron chi connectivity index (χ0n) is 18.8. The van der Waals surface area contributed by atoms with Crippen LogP contribution in [0.3, 0.4) is 0 Å². The Kier molecular flexibility index (Phi) is 6.54. The van der Waals surface area contributed by atoms with Crippen LogP contribution in [0.1, 0.15) is 23.1 Å². The van der Waals surface area contributed by atoms with E-state index in [1.165, 1.54) is 0 Å². The number of nitrogens with one attached hydrogen (secondary N) is 2. The first-order valence-electron chi connectivity index (χ1n) is 11.0. The molecule has 4 rings (SSSR count). The summed E-state index contributed by atoms with van der Waals surface area (Å²) in [6, 6.07) is 22.5. The SMILES string of the molecule is Cc1ccc(C)c(N2CC(C(=O)Nc3ccc(NC(=O)Cc4ccccc4)cc3)CC2=O)c1. The number of anilines is 3. The van der Waals surface area contributed by atoms with Crippen LogP contribution in [0.4, 0.5) is 17.1 Å². The van der Waals surface area contributed by atoms with E-state index >= 15 is 0 Å². The van der Waals surface area contributed by atoms with Crippen LogP contribution in [0.5, 0.6) is 0 Å². The third-order valence-electron chi connectivity index (χ3n) is 5.79. The van der Waals surface area contributed by atoms with E-state index in [1.54, 1.807) is 29.2 Å². The van der Waals surface area contributed by atoms with Crippen molar-refractivity contribution in [2.45, 2.75) is 26.7 Å². The normalized spacial score (nSPS) is 15.4. The van der Waals surface area contributed by atoms with Gasteiger partial charge in [0.1, 0.15) is 0 Å². The van der Waals surface area contributed by atoms with Crippen LogP contribution in [-0.4, -0.2) is 24.3 Å². The minimum absolute atomic E-state index is 0.0414. The third-order valence-corrected chi connectivity index (χ3v) is 5.79. The first kappa shape index (κ1) is 22.3. The number of nitrogens with zero attached hydrogens (tertiary/aromatic N) is 1. The second kappa shape index (κ2) is 9.69. The molecule has 0 aliphatic carbocycles. The Morgan fingerprint density at radius 1 is 0.909 bits per heavy atom. The number of carbonyl (C=O) groups excluding carboxylic acids is 3. The third kappa shape index (κ3) is 5.47. The summed E-state index contributed by atoms with van der Waals surface area (Å²) in [4.78, 5) is 39.3. The Labute approximate surface area is 193 Å². The van der Waals surface area contributed by atoms with E-state index < -0.39 is 5.92 Å². The Morgan fingerprint density at radius 2 is 1.58 bits per heavy atom. The van der Waals surface area contributed by atoms with Crippen molar-refractivity contribution in [3.05, 3.63) is 89.5 Å². The zero-order chi connectivity index (χ0) is 23.4. The summed E-state index contributed by atoms with van der Waals surface area (Å²) >= 11 is 0. The number of hydrogen-bond acceptors (Lipinski definition) is 3. The molecule has 6 nitrogen and oxygen atoms in total. The van der Waals surface area contributed by atoms with Gasteiger partial charge in [0.05, 0.1) is 12.3 Å². The molecule has 0 radical (unpaired) electrons. The average molecular weight is 442 g/mol. The molecule has 0 aromatic heterocycles. The summed E-state index contributed by atoms with van der Waals surface area (Å²) in [5.74, 6) is -0.742. The molecule has 1 aliphatic rings. The Balaban J connectivity index is 1.33. The van der Waals surface area contributed by atoms with Crippen LogP contribution >= 0.6 is 0 Å². The minimum Gasteiger partial charge on any atom is -0.326 e. The topological polar surface area (TPSA) is 78.5 Å². The highest BCUT2D eigenvalue weighted by Crippen LogP contribution is 2.29. The molecule has 6 heteroatoms. The number of carbonyl (C=O) groups is 3. The van der Waals surface area contributed by atoms with Crippen molar-refractivity contribution < 1.29 is 14.4 Å². The van der Waals surface area contributed by atoms with Crippen LogP contribution in [0.2, 0.25) is 0 Å². The van der Waals surface area contributed by atoms with E-state index in [0.29, 0.717) is 24.3 Å². The maximum atomic E-state index is 12.8. The fourth-order valence-electron chi connectivity index (χ4n) is 3.99. The molecule has 0 spiro atoms. The van der Waals surface area contributed by atoms with Gasteiger partial charge >= 0.3 is 0 Å². The Hall–Kier alpha value is -3.93. The van der Waals surface area contributed by atoms with Crippen molar-refractivity contribution in [1.29, 1.82) is 0 Å². The number of hydrogen-bond donors (Lipinski definition) is 2.